The van der Waals surface area contributed by atoms with Crippen LogP contribution in [0.4, 0.5) is 5.13 Å². The van der Waals surface area contributed by atoms with Crippen LogP contribution in [0.25, 0.3) is 33.1 Å². The molecule has 0 aliphatic rings. The normalized spacial score (nSPS) is 12.2. The molecule has 34 heavy (non-hydrogen) atoms. The van der Waals surface area contributed by atoms with E-state index in [1.54, 1.807) is 18.6 Å². The molecule has 2 N–H and O–H groups in total. The van der Waals surface area contributed by atoms with Crippen LogP contribution in [0.3, 0.4) is 0 Å². The van der Waals surface area contributed by atoms with Crippen LogP contribution in [-0.2, 0) is 4.79 Å². The first-order chi connectivity index (χ1) is 16.6. The first-order valence-corrected chi connectivity index (χ1v) is 12.5. The molecule has 8 nitrogen and oxygen atoms in total. The molecular weight excluding hydrogens is 472 g/mol. The van der Waals surface area contributed by atoms with Gasteiger partial charge in [-0.2, -0.15) is 0 Å². The number of nitrogens with zero attached hydrogens (tertiary/aromatic N) is 2. The minimum absolute atomic E-state index is 0.132. The molecule has 1 amide bonds. The standard InChI is InChI=1S/C24H22N4O4S2/c1-3-18(22(29)28-23-25-15-10-9-14(30-4-2)13-19(15)34-23)33-24-26-20(16-7-5-11-31-16)21(27-24)17-8-6-12-32-17/h5-13,18H,3-4H2,1-2H3,(H,26,27)(H,25,28,29). The van der Waals surface area contributed by atoms with E-state index < -0.39 is 0 Å². The SMILES string of the molecule is CCOc1ccc2nc(NC(=O)C(CC)Sc3nc(-c4ccco4)c(-c4ccco4)[nH]3)sc2c1. The highest BCUT2D eigenvalue weighted by atomic mass is 32.2. The zero-order valence-electron chi connectivity index (χ0n) is 18.5. The van der Waals surface area contributed by atoms with Crippen molar-refractivity contribution in [3.05, 3.63) is 55.0 Å². The van der Waals surface area contributed by atoms with E-state index in [2.05, 4.69) is 15.3 Å². The van der Waals surface area contributed by atoms with Gasteiger partial charge >= 0.3 is 0 Å². The van der Waals surface area contributed by atoms with Gasteiger partial charge in [-0.15, -0.1) is 0 Å². The summed E-state index contributed by atoms with van der Waals surface area (Å²) < 4.78 is 17.6. The van der Waals surface area contributed by atoms with Crippen LogP contribution in [0.1, 0.15) is 20.3 Å². The summed E-state index contributed by atoms with van der Waals surface area (Å²) in [6, 6.07) is 13.0. The molecular formula is C24H22N4O4S2. The van der Waals surface area contributed by atoms with Crippen molar-refractivity contribution in [3.63, 3.8) is 0 Å². The number of H-pyrrole nitrogens is 1. The quantitative estimate of drug-likeness (QED) is 0.227. The highest BCUT2D eigenvalue weighted by Gasteiger charge is 2.24. The maximum Gasteiger partial charge on any atom is 0.239 e. The van der Waals surface area contributed by atoms with Crippen LogP contribution in [0.15, 0.2) is 69.0 Å². The molecule has 4 aromatic heterocycles. The van der Waals surface area contributed by atoms with Crippen LogP contribution in [0.2, 0.25) is 0 Å². The third kappa shape index (κ3) is 4.59. The molecule has 4 heterocycles. The van der Waals surface area contributed by atoms with E-state index in [4.69, 9.17) is 18.6 Å². The van der Waals surface area contributed by atoms with Crippen LogP contribution >= 0.6 is 23.1 Å². The number of aromatic amines is 1. The maximum absolute atomic E-state index is 13.1. The van der Waals surface area contributed by atoms with Gasteiger partial charge in [0.05, 0.1) is 34.6 Å². The Morgan fingerprint density at radius 1 is 1.15 bits per heavy atom. The number of hydrogen-bond donors (Lipinski definition) is 2. The van der Waals surface area contributed by atoms with Gasteiger partial charge in [-0.05, 0) is 55.8 Å². The van der Waals surface area contributed by atoms with E-state index in [1.165, 1.54) is 23.1 Å². The number of imidazole rings is 1. The first kappa shape index (κ1) is 22.3. The number of thiazole rings is 1. The number of amides is 1. The fourth-order valence-corrected chi connectivity index (χ4v) is 5.26. The Morgan fingerprint density at radius 3 is 2.65 bits per heavy atom. The van der Waals surface area contributed by atoms with Crippen molar-refractivity contribution in [1.29, 1.82) is 0 Å². The van der Waals surface area contributed by atoms with Gasteiger partial charge in [0.2, 0.25) is 5.91 Å². The minimum Gasteiger partial charge on any atom is -0.494 e. The fourth-order valence-electron chi connectivity index (χ4n) is 3.46. The molecule has 0 saturated heterocycles. The van der Waals surface area contributed by atoms with Gasteiger partial charge in [0.15, 0.2) is 21.8 Å². The summed E-state index contributed by atoms with van der Waals surface area (Å²) in [6.45, 7) is 4.51. The number of thioether (sulfide) groups is 1. The van der Waals surface area contributed by atoms with Gasteiger partial charge < -0.3 is 23.9 Å². The molecule has 1 unspecified atom stereocenters. The van der Waals surface area contributed by atoms with E-state index in [0.717, 1.165) is 16.0 Å². The van der Waals surface area contributed by atoms with E-state index in [9.17, 15) is 4.79 Å². The van der Waals surface area contributed by atoms with Crippen molar-refractivity contribution in [3.8, 4) is 28.7 Å². The Bertz CT molecular complexity index is 1340. The molecule has 1 atom stereocenters. The van der Waals surface area contributed by atoms with Gasteiger partial charge in [0.1, 0.15) is 17.1 Å². The molecule has 1 aromatic carbocycles. The van der Waals surface area contributed by atoms with Gasteiger partial charge in [-0.1, -0.05) is 30.0 Å². The smallest absolute Gasteiger partial charge is 0.239 e. The monoisotopic (exact) mass is 494 g/mol. The Morgan fingerprint density at radius 2 is 1.94 bits per heavy atom. The summed E-state index contributed by atoms with van der Waals surface area (Å²) in [6.07, 6.45) is 3.82. The number of furan rings is 2. The van der Waals surface area contributed by atoms with Crippen LogP contribution < -0.4 is 10.1 Å². The summed E-state index contributed by atoms with van der Waals surface area (Å²) in [4.78, 5) is 25.6. The van der Waals surface area contributed by atoms with Crippen LogP contribution in [-0.4, -0.2) is 32.7 Å². The van der Waals surface area contributed by atoms with E-state index in [1.807, 2.05) is 50.2 Å². The van der Waals surface area contributed by atoms with Crippen molar-refractivity contribution < 1.29 is 18.4 Å². The second kappa shape index (κ2) is 9.78. The number of carbonyl (C=O) groups is 1. The second-order valence-corrected chi connectivity index (χ2v) is 9.53. The Balaban J connectivity index is 1.35. The molecule has 0 bridgehead atoms. The third-order valence-corrected chi connectivity index (χ3v) is 7.20. The number of hydrogen-bond acceptors (Lipinski definition) is 8. The molecule has 0 aliphatic carbocycles. The number of nitrogens with one attached hydrogen (secondary N) is 2. The number of aromatic nitrogens is 3. The first-order valence-electron chi connectivity index (χ1n) is 10.8. The molecule has 10 heteroatoms. The topological polar surface area (TPSA) is 106 Å². The Labute approximate surface area is 203 Å². The molecule has 0 aliphatic heterocycles. The van der Waals surface area contributed by atoms with Crippen molar-refractivity contribution in [1.82, 2.24) is 15.0 Å². The highest BCUT2D eigenvalue weighted by Crippen LogP contribution is 2.35. The number of anilines is 1. The predicted molar refractivity (Wildman–Crippen MR) is 133 cm³/mol. The zero-order chi connectivity index (χ0) is 23.5. The summed E-state index contributed by atoms with van der Waals surface area (Å²) in [7, 11) is 0. The number of ether oxygens (including phenoxy) is 1. The summed E-state index contributed by atoms with van der Waals surface area (Å²) in [5.74, 6) is 1.92. The van der Waals surface area contributed by atoms with E-state index >= 15 is 0 Å². The van der Waals surface area contributed by atoms with Crippen molar-refractivity contribution in [2.45, 2.75) is 30.7 Å². The average Bonchev–Trinajstić information content (AvgIpc) is 3.63. The van der Waals surface area contributed by atoms with E-state index in [0.29, 0.717) is 46.2 Å². The molecule has 5 rings (SSSR count). The number of carbonyl (C=O) groups excluding carboxylic acids is 1. The average molecular weight is 495 g/mol. The van der Waals surface area contributed by atoms with Gasteiger partial charge in [-0.25, -0.2) is 9.97 Å². The molecule has 0 radical (unpaired) electrons. The zero-order valence-corrected chi connectivity index (χ0v) is 20.2. The van der Waals surface area contributed by atoms with Crippen LogP contribution in [0.5, 0.6) is 5.75 Å². The Hall–Kier alpha value is -3.50. The van der Waals surface area contributed by atoms with Crippen molar-refractivity contribution in [2.24, 2.45) is 0 Å². The van der Waals surface area contributed by atoms with Gasteiger partial charge in [0.25, 0.3) is 0 Å². The molecule has 174 valence electrons. The molecule has 0 spiro atoms. The summed E-state index contributed by atoms with van der Waals surface area (Å²) in [5, 5.41) is 3.75. The van der Waals surface area contributed by atoms with Crippen molar-refractivity contribution >= 4 is 44.4 Å². The number of benzene rings is 1. The highest BCUT2D eigenvalue weighted by molar-refractivity contribution is 8.00. The molecule has 0 fully saturated rings. The molecule has 5 aromatic rings. The summed E-state index contributed by atoms with van der Waals surface area (Å²) in [5.41, 5.74) is 2.16. The lowest BCUT2D eigenvalue weighted by atomic mass is 10.2. The second-order valence-electron chi connectivity index (χ2n) is 7.31. The Kier molecular flexibility index (Phi) is 6.41. The lowest BCUT2D eigenvalue weighted by Gasteiger charge is -2.11. The number of rotatable bonds is 9. The van der Waals surface area contributed by atoms with Crippen molar-refractivity contribution in [2.75, 3.05) is 11.9 Å². The van der Waals surface area contributed by atoms with E-state index in [-0.39, 0.29) is 11.2 Å². The third-order valence-electron chi connectivity index (χ3n) is 5.02. The predicted octanol–water partition coefficient (Wildman–Crippen LogP) is 6.45. The van der Waals surface area contributed by atoms with Gasteiger partial charge in [0, 0.05) is 0 Å². The van der Waals surface area contributed by atoms with Crippen LogP contribution in [0, 0.1) is 0 Å². The maximum atomic E-state index is 13.1. The fraction of sp³-hybridized carbons (Fsp3) is 0.208. The lowest BCUT2D eigenvalue weighted by Crippen LogP contribution is -2.24. The largest absolute Gasteiger partial charge is 0.494 e. The summed E-state index contributed by atoms with van der Waals surface area (Å²) >= 11 is 2.78. The molecule has 0 saturated carbocycles. The number of fused-ring (bicyclic) bond motifs is 1. The lowest BCUT2D eigenvalue weighted by molar-refractivity contribution is -0.115. The van der Waals surface area contributed by atoms with Gasteiger partial charge in [-0.3, -0.25) is 4.79 Å². The minimum atomic E-state index is -0.369.